The Labute approximate surface area is 204 Å². The zero-order chi connectivity index (χ0) is 24.5. The van der Waals surface area contributed by atoms with E-state index in [4.69, 9.17) is 9.47 Å². The first-order valence-electron chi connectivity index (χ1n) is 12.1. The molecule has 0 radical (unpaired) electrons. The summed E-state index contributed by atoms with van der Waals surface area (Å²) in [5, 5.41) is 24.8. The average molecular weight is 484 g/mol. The molecule has 1 amide bonds. The van der Waals surface area contributed by atoms with Gasteiger partial charge >= 0.3 is 0 Å². The standard InChI is InChI=1S/C24H33N7O4/c1-25-21-12-20(29-22-16(13-26-31(21)22)23(32)28-18-11-19(18)35-3)27-17-5-4-10-30(24(17)33)14-6-8-15(34-2)9-7-14/h4-5,10,12-15,18-19,24-25,33H,6-9,11H2,1-3H3,(H,27,29)(H,28,32)/t14-,15-,18-,19-,24?/m0/s1. The largest absolute Gasteiger partial charge is 0.381 e. The molecule has 3 aliphatic rings. The van der Waals surface area contributed by atoms with Crippen LogP contribution < -0.4 is 16.0 Å². The summed E-state index contributed by atoms with van der Waals surface area (Å²) >= 11 is 0. The Hall–Kier alpha value is -3.15. The maximum atomic E-state index is 12.9. The molecule has 0 saturated heterocycles. The molecule has 1 unspecified atom stereocenters. The van der Waals surface area contributed by atoms with Gasteiger partial charge in [-0.05, 0) is 44.3 Å². The minimum atomic E-state index is -0.825. The van der Waals surface area contributed by atoms with Crippen molar-refractivity contribution < 1.29 is 19.4 Å². The summed E-state index contributed by atoms with van der Waals surface area (Å²) in [6, 6.07) is 2.04. The third-order valence-electron chi connectivity index (χ3n) is 7.09. The van der Waals surface area contributed by atoms with Gasteiger partial charge in [0.2, 0.25) is 0 Å². The van der Waals surface area contributed by atoms with E-state index >= 15 is 0 Å². The molecule has 4 N–H and O–H groups in total. The topological polar surface area (TPSA) is 125 Å². The van der Waals surface area contributed by atoms with Crippen LogP contribution in [0.3, 0.4) is 0 Å². The average Bonchev–Trinajstić information content (AvgIpc) is 3.49. The van der Waals surface area contributed by atoms with Crippen LogP contribution in [-0.2, 0) is 9.47 Å². The number of rotatable bonds is 8. The second-order valence-corrected chi connectivity index (χ2v) is 9.24. The fraction of sp³-hybridized carbons (Fsp3) is 0.542. The highest BCUT2D eigenvalue weighted by molar-refractivity contribution is 6.00. The molecule has 2 fully saturated rings. The second kappa shape index (κ2) is 9.84. The second-order valence-electron chi connectivity index (χ2n) is 9.24. The highest BCUT2D eigenvalue weighted by Gasteiger charge is 2.39. The normalized spacial score (nSPS) is 28.1. The van der Waals surface area contributed by atoms with E-state index in [-0.39, 0.29) is 24.1 Å². The van der Waals surface area contributed by atoms with Crippen LogP contribution in [0.2, 0.25) is 0 Å². The van der Waals surface area contributed by atoms with E-state index < -0.39 is 6.23 Å². The summed E-state index contributed by atoms with van der Waals surface area (Å²) in [5.74, 6) is 0.920. The lowest BCUT2D eigenvalue weighted by Gasteiger charge is -2.40. The Bertz CT molecular complexity index is 1140. The summed E-state index contributed by atoms with van der Waals surface area (Å²) in [4.78, 5) is 19.5. The van der Waals surface area contributed by atoms with E-state index in [1.165, 1.54) is 6.20 Å². The zero-order valence-corrected chi connectivity index (χ0v) is 20.3. The number of nitrogens with zero attached hydrogens (tertiary/aromatic N) is 4. The number of anilines is 2. The van der Waals surface area contributed by atoms with Crippen LogP contribution >= 0.6 is 0 Å². The lowest BCUT2D eigenvalue weighted by atomic mass is 9.91. The van der Waals surface area contributed by atoms with Gasteiger partial charge in [0.15, 0.2) is 11.9 Å². The molecular formula is C24H33N7O4. The highest BCUT2D eigenvalue weighted by Crippen LogP contribution is 2.30. The fourth-order valence-corrected chi connectivity index (χ4v) is 4.92. The molecule has 1 aliphatic heterocycles. The van der Waals surface area contributed by atoms with E-state index in [1.54, 1.807) is 31.8 Å². The van der Waals surface area contributed by atoms with Crippen LogP contribution in [0.4, 0.5) is 11.6 Å². The number of hydrogen-bond acceptors (Lipinski definition) is 9. The van der Waals surface area contributed by atoms with Gasteiger partial charge in [0.1, 0.15) is 17.2 Å². The number of fused-ring (bicyclic) bond motifs is 1. The van der Waals surface area contributed by atoms with Crippen molar-refractivity contribution in [3.8, 4) is 0 Å². The number of methoxy groups -OCH3 is 2. The summed E-state index contributed by atoms with van der Waals surface area (Å²) in [6.07, 6.45) is 11.4. The minimum Gasteiger partial charge on any atom is -0.381 e. The van der Waals surface area contributed by atoms with Crippen molar-refractivity contribution in [2.45, 2.75) is 62.6 Å². The molecule has 2 aliphatic carbocycles. The molecule has 3 heterocycles. The molecule has 11 nitrogen and oxygen atoms in total. The predicted molar refractivity (Wildman–Crippen MR) is 131 cm³/mol. The number of aliphatic hydroxyl groups excluding tert-OH is 1. The van der Waals surface area contributed by atoms with Crippen molar-refractivity contribution >= 4 is 23.2 Å². The number of aliphatic hydroxyl groups is 1. The van der Waals surface area contributed by atoms with Crippen molar-refractivity contribution in [3.63, 3.8) is 0 Å². The molecule has 188 valence electrons. The lowest BCUT2D eigenvalue weighted by molar-refractivity contribution is -0.00229. The van der Waals surface area contributed by atoms with Crippen LogP contribution in [0.1, 0.15) is 42.5 Å². The van der Waals surface area contributed by atoms with Crippen LogP contribution in [-0.4, -0.2) is 82.3 Å². The molecule has 0 bridgehead atoms. The zero-order valence-electron chi connectivity index (χ0n) is 20.3. The van der Waals surface area contributed by atoms with Crippen molar-refractivity contribution in [2.75, 3.05) is 31.9 Å². The van der Waals surface area contributed by atoms with Crippen LogP contribution in [0.5, 0.6) is 0 Å². The number of amides is 1. The van der Waals surface area contributed by atoms with Gasteiger partial charge in [-0.15, -0.1) is 0 Å². The van der Waals surface area contributed by atoms with Gasteiger partial charge in [0, 0.05) is 39.6 Å². The molecule has 11 heteroatoms. The first-order valence-corrected chi connectivity index (χ1v) is 12.1. The number of aromatic nitrogens is 3. The molecule has 5 rings (SSSR count). The van der Waals surface area contributed by atoms with E-state index in [2.05, 4.69) is 26.0 Å². The van der Waals surface area contributed by atoms with Crippen LogP contribution in [0.15, 0.2) is 36.3 Å². The fourth-order valence-electron chi connectivity index (χ4n) is 4.92. The molecule has 0 aromatic carbocycles. The molecular weight excluding hydrogens is 450 g/mol. The Morgan fingerprint density at radius 3 is 2.69 bits per heavy atom. The first kappa shape index (κ1) is 23.6. The van der Waals surface area contributed by atoms with Gasteiger partial charge in [0.05, 0.1) is 30.1 Å². The van der Waals surface area contributed by atoms with Crippen molar-refractivity contribution in [3.05, 3.63) is 41.9 Å². The Morgan fingerprint density at radius 2 is 2.00 bits per heavy atom. The smallest absolute Gasteiger partial charge is 0.257 e. The van der Waals surface area contributed by atoms with Gasteiger partial charge in [-0.25, -0.2) is 4.98 Å². The van der Waals surface area contributed by atoms with Crippen molar-refractivity contribution in [1.29, 1.82) is 0 Å². The molecule has 0 spiro atoms. The Kier molecular flexibility index (Phi) is 6.63. The van der Waals surface area contributed by atoms with E-state index in [1.807, 2.05) is 23.3 Å². The van der Waals surface area contributed by atoms with Gasteiger partial charge in [-0.2, -0.15) is 9.61 Å². The quantitative estimate of drug-likeness (QED) is 0.444. The molecule has 3 atom stereocenters. The number of ether oxygens (including phenoxy) is 2. The predicted octanol–water partition coefficient (Wildman–Crippen LogP) is 1.69. The third kappa shape index (κ3) is 4.71. The summed E-state index contributed by atoms with van der Waals surface area (Å²) in [7, 11) is 5.18. The van der Waals surface area contributed by atoms with E-state index in [0.717, 1.165) is 32.1 Å². The van der Waals surface area contributed by atoms with Gasteiger partial charge in [-0.1, -0.05) is 0 Å². The van der Waals surface area contributed by atoms with Gasteiger partial charge < -0.3 is 35.4 Å². The lowest BCUT2D eigenvalue weighted by Crippen LogP contribution is -2.45. The maximum absolute atomic E-state index is 12.9. The minimum absolute atomic E-state index is 0.00629. The molecule has 2 aromatic rings. The Morgan fingerprint density at radius 1 is 1.20 bits per heavy atom. The highest BCUT2D eigenvalue weighted by atomic mass is 16.5. The van der Waals surface area contributed by atoms with Crippen LogP contribution in [0.25, 0.3) is 5.65 Å². The van der Waals surface area contributed by atoms with Gasteiger partial charge in [-0.3, -0.25) is 4.79 Å². The number of allylic oxidation sites excluding steroid dienone is 2. The monoisotopic (exact) mass is 483 g/mol. The number of carbonyl (C=O) groups is 1. The summed E-state index contributed by atoms with van der Waals surface area (Å²) in [6.45, 7) is 0. The van der Waals surface area contributed by atoms with Crippen LogP contribution in [0, 0.1) is 0 Å². The summed E-state index contributed by atoms with van der Waals surface area (Å²) < 4.78 is 12.4. The number of carbonyl (C=O) groups excluding carboxylic acids is 1. The maximum Gasteiger partial charge on any atom is 0.257 e. The first-order chi connectivity index (χ1) is 17.0. The molecule has 2 saturated carbocycles. The van der Waals surface area contributed by atoms with E-state index in [0.29, 0.717) is 34.6 Å². The molecule has 35 heavy (non-hydrogen) atoms. The van der Waals surface area contributed by atoms with Crippen molar-refractivity contribution in [1.82, 2.24) is 24.8 Å². The van der Waals surface area contributed by atoms with E-state index in [9.17, 15) is 9.90 Å². The SMILES string of the molecule is CNc1cc(NC2=CC=CN([C@H]3CC[C@H](OC)CC3)C2O)nc2c(C(=O)N[C@H]3C[C@@H]3OC)cnn12. The molecule has 2 aromatic heterocycles. The Balaban J connectivity index is 1.34. The van der Waals surface area contributed by atoms with Crippen molar-refractivity contribution in [2.24, 2.45) is 0 Å². The van der Waals surface area contributed by atoms with Gasteiger partial charge in [0.25, 0.3) is 5.91 Å². The summed E-state index contributed by atoms with van der Waals surface area (Å²) in [5.41, 5.74) is 1.41. The number of nitrogens with one attached hydrogen (secondary N) is 3. The number of hydrogen-bond donors (Lipinski definition) is 4. The third-order valence-corrected chi connectivity index (χ3v) is 7.09.